The van der Waals surface area contributed by atoms with E-state index in [1.54, 1.807) is 57.3 Å². The van der Waals surface area contributed by atoms with Crippen molar-refractivity contribution >= 4 is 43.6 Å². The molecule has 3 aromatic rings. The number of benzene rings is 3. The third kappa shape index (κ3) is 7.10. The number of ether oxygens (including phenoxy) is 1. The molecule has 0 unspecified atom stereocenters. The van der Waals surface area contributed by atoms with Crippen molar-refractivity contribution < 1.29 is 40.3 Å². The van der Waals surface area contributed by atoms with Gasteiger partial charge in [0.05, 0.1) is 0 Å². The average Bonchev–Trinajstić information content (AvgIpc) is 2.98. The Bertz CT molecular complexity index is 2030. The third-order valence-electron chi connectivity index (χ3n) is 7.86. The Kier molecular flexibility index (Phi) is 10.6. The minimum atomic E-state index is -5.19. The monoisotopic (exact) mass is 667 g/mol. The van der Waals surface area contributed by atoms with Gasteiger partial charge in [-0.1, -0.05) is 76.6 Å². The Morgan fingerprint density at radius 3 is 2.17 bits per heavy atom. The molecule has 4 rings (SSSR count). The van der Waals surface area contributed by atoms with Crippen molar-refractivity contribution in [1.29, 1.82) is 0 Å². The lowest BCUT2D eigenvalue weighted by Crippen LogP contribution is -2.30. The fraction of sp³-hybridized carbons (Fsp3) is 0.353. The van der Waals surface area contributed by atoms with Gasteiger partial charge in [-0.15, -0.1) is 0 Å². The Morgan fingerprint density at radius 1 is 0.891 bits per heavy atom. The number of rotatable bonds is 12. The van der Waals surface area contributed by atoms with Crippen LogP contribution in [0.25, 0.3) is 11.6 Å². The number of hydrogen-bond acceptors (Lipinski definition) is 9. The summed E-state index contributed by atoms with van der Waals surface area (Å²) >= 11 is 0. The van der Waals surface area contributed by atoms with E-state index in [0.29, 0.717) is 31.2 Å². The summed E-state index contributed by atoms with van der Waals surface area (Å²) < 4.78 is 82.5. The normalized spacial score (nSPS) is 13.3. The van der Waals surface area contributed by atoms with E-state index in [9.17, 15) is 35.5 Å². The number of aryl methyl sites for hydroxylation is 1. The number of Topliss-reactive ketones (excluding diaryl/α,β-unsaturated/α-hetero) is 1. The molecule has 1 heterocycles. The minimum absolute atomic E-state index is 0.0651. The van der Waals surface area contributed by atoms with Crippen LogP contribution in [0.2, 0.25) is 0 Å². The highest BCUT2D eigenvalue weighted by atomic mass is 32.2. The molecule has 46 heavy (non-hydrogen) atoms. The van der Waals surface area contributed by atoms with Crippen molar-refractivity contribution in [3.05, 3.63) is 81.2 Å². The van der Waals surface area contributed by atoms with E-state index in [1.165, 1.54) is 23.1 Å². The highest BCUT2D eigenvalue weighted by Crippen LogP contribution is 2.44. The van der Waals surface area contributed by atoms with Crippen LogP contribution in [-0.2, 0) is 31.5 Å². The maximum Gasteiger partial charge on any atom is 0.254 e. The number of fused-ring (bicyclic) bond motifs is 2. The molecule has 1 amide bonds. The van der Waals surface area contributed by atoms with Crippen molar-refractivity contribution in [1.82, 2.24) is 4.90 Å². The molecular formula is C34H37NO9S2-2. The van der Waals surface area contributed by atoms with Crippen molar-refractivity contribution in [2.24, 2.45) is 5.92 Å². The first-order chi connectivity index (χ1) is 21.6. The summed E-state index contributed by atoms with van der Waals surface area (Å²) in [6, 6.07) is 12.6. The number of carbonyl (C=O) groups is 2. The lowest BCUT2D eigenvalue weighted by Gasteiger charge is -2.28. The molecule has 10 nitrogen and oxygen atoms in total. The summed E-state index contributed by atoms with van der Waals surface area (Å²) in [5.74, 6) is -1.25. The van der Waals surface area contributed by atoms with Crippen LogP contribution in [0.4, 0.5) is 0 Å². The van der Waals surface area contributed by atoms with Gasteiger partial charge >= 0.3 is 0 Å². The molecule has 0 N–H and O–H groups in total. The van der Waals surface area contributed by atoms with Gasteiger partial charge in [-0.2, -0.15) is 0 Å². The lowest BCUT2D eigenvalue weighted by atomic mass is 9.88. The fourth-order valence-electron chi connectivity index (χ4n) is 5.67. The first-order valence-corrected chi connectivity index (χ1v) is 17.9. The van der Waals surface area contributed by atoms with Crippen molar-refractivity contribution in [2.75, 3.05) is 13.6 Å². The maximum absolute atomic E-state index is 13.9. The number of hydrogen-bond donors (Lipinski definition) is 0. The van der Waals surface area contributed by atoms with Gasteiger partial charge < -0.3 is 18.7 Å². The molecule has 0 radical (unpaired) electrons. The predicted octanol–water partition coefficient (Wildman–Crippen LogP) is 4.07. The summed E-state index contributed by atoms with van der Waals surface area (Å²) in [6.07, 6.45) is 3.37. The molecule has 0 fully saturated rings. The van der Waals surface area contributed by atoms with Crippen LogP contribution in [0.15, 0.2) is 58.3 Å². The van der Waals surface area contributed by atoms with Crippen LogP contribution in [0.5, 0.6) is 11.5 Å². The Labute approximate surface area is 269 Å². The zero-order chi connectivity index (χ0) is 34.0. The van der Waals surface area contributed by atoms with Gasteiger partial charge in [0.2, 0.25) is 0 Å². The molecule has 12 heteroatoms. The van der Waals surface area contributed by atoms with E-state index in [-0.39, 0.29) is 57.4 Å². The Hall–Kier alpha value is -3.84. The van der Waals surface area contributed by atoms with Crippen LogP contribution in [0.3, 0.4) is 0 Å². The van der Waals surface area contributed by atoms with E-state index in [2.05, 4.69) is 0 Å². The van der Waals surface area contributed by atoms with E-state index < -0.39 is 47.4 Å². The summed E-state index contributed by atoms with van der Waals surface area (Å²) in [5, 5.41) is 0.202. The van der Waals surface area contributed by atoms with E-state index in [4.69, 9.17) is 4.74 Å². The van der Waals surface area contributed by atoms with Gasteiger partial charge in [0, 0.05) is 47.8 Å². The molecule has 1 aliphatic heterocycles. The van der Waals surface area contributed by atoms with Crippen LogP contribution in [0.1, 0.15) is 80.4 Å². The first kappa shape index (κ1) is 35.0. The molecule has 0 saturated carbocycles. The quantitative estimate of drug-likeness (QED) is 0.203. The largest absolute Gasteiger partial charge is 0.744 e. The summed E-state index contributed by atoms with van der Waals surface area (Å²) in [7, 11) is -8.75. The summed E-state index contributed by atoms with van der Waals surface area (Å²) in [4.78, 5) is 26.1. The molecular weight excluding hydrogens is 631 g/mol. The highest BCUT2D eigenvalue weighted by Gasteiger charge is 2.31. The third-order valence-corrected chi connectivity index (χ3v) is 9.73. The van der Waals surface area contributed by atoms with Crippen LogP contribution < -0.4 is 15.2 Å². The number of ketones is 1. The van der Waals surface area contributed by atoms with Crippen LogP contribution in [-0.4, -0.2) is 56.1 Å². The van der Waals surface area contributed by atoms with Crippen LogP contribution in [0, 0.1) is 5.92 Å². The number of nitrogens with zero attached hydrogens (tertiary/aromatic N) is 1. The van der Waals surface area contributed by atoms with E-state index >= 15 is 0 Å². The number of amides is 1. The molecule has 0 aromatic heterocycles. The first-order valence-electron chi connectivity index (χ1n) is 15.1. The smallest absolute Gasteiger partial charge is 0.254 e. The Morgan fingerprint density at radius 2 is 1.57 bits per heavy atom. The van der Waals surface area contributed by atoms with Gasteiger partial charge in [-0.25, -0.2) is 16.8 Å². The van der Waals surface area contributed by atoms with Crippen molar-refractivity contribution in [3.63, 3.8) is 0 Å². The zero-order valence-electron chi connectivity index (χ0n) is 26.5. The molecule has 0 bridgehead atoms. The molecule has 0 aliphatic carbocycles. The molecule has 3 aromatic carbocycles. The molecule has 0 atom stereocenters. The average molecular weight is 668 g/mol. The van der Waals surface area contributed by atoms with Gasteiger partial charge in [0.25, 0.3) is 5.91 Å². The molecule has 0 saturated heterocycles. The minimum Gasteiger partial charge on any atom is -0.744 e. The van der Waals surface area contributed by atoms with Gasteiger partial charge in [-0.05, 0) is 47.7 Å². The van der Waals surface area contributed by atoms with Crippen LogP contribution >= 0.6 is 0 Å². The predicted molar refractivity (Wildman–Crippen MR) is 171 cm³/mol. The SMILES string of the molecule is CC/C=c1\ccc2c(c1S(=O)(=O)[O-])Oc1c(ccc(CCC)c1S(=O)(=O)[O-])C=2c1ccccc1C(=O)N(C)CCCC(=O)C(C)C. The second-order valence-corrected chi connectivity index (χ2v) is 14.2. The maximum atomic E-state index is 13.9. The zero-order valence-corrected chi connectivity index (χ0v) is 28.1. The lowest BCUT2D eigenvalue weighted by molar-refractivity contribution is -0.122. The van der Waals surface area contributed by atoms with Gasteiger partial charge in [0.15, 0.2) is 11.5 Å². The van der Waals surface area contributed by atoms with Crippen molar-refractivity contribution in [2.45, 2.75) is 69.6 Å². The van der Waals surface area contributed by atoms with Gasteiger partial charge in [0.1, 0.15) is 35.8 Å². The summed E-state index contributed by atoms with van der Waals surface area (Å²) in [6.45, 7) is 7.47. The second kappa shape index (κ2) is 13.9. The number of carbonyl (C=O) groups excluding carboxylic acids is 2. The molecule has 1 aliphatic rings. The molecule has 246 valence electrons. The highest BCUT2D eigenvalue weighted by molar-refractivity contribution is 7.86. The van der Waals surface area contributed by atoms with E-state index in [0.717, 1.165) is 0 Å². The Balaban J connectivity index is 2.08. The second-order valence-electron chi connectivity index (χ2n) is 11.5. The van der Waals surface area contributed by atoms with E-state index in [1.807, 2.05) is 13.8 Å². The standard InChI is InChI=1S/C34H39NO9S2/c1-6-11-22-16-18-26-29(24-13-8-9-14-25(24)34(37)35(5)20-10-15-28(36)21(3)4)27-19-17-23(12-7-2)33(46(41,42)43)31(27)44-30(26)32(22)45(38,39)40/h8-9,11,13-14,16-19,21H,6-7,10,12,15,20H2,1-5H3,(H,38,39,40)(H,41,42,43)/p-2/b22-11+. The summed E-state index contributed by atoms with van der Waals surface area (Å²) in [5.41, 5.74) is 1.07. The molecule has 0 spiro atoms. The topological polar surface area (TPSA) is 161 Å². The van der Waals surface area contributed by atoms with Crippen molar-refractivity contribution in [3.8, 4) is 11.5 Å². The fourth-order valence-corrected chi connectivity index (χ4v) is 7.36. The van der Waals surface area contributed by atoms with Gasteiger partial charge in [-0.3, -0.25) is 9.59 Å².